The molecule has 0 aliphatic rings. The Morgan fingerprint density at radius 1 is 0.909 bits per heavy atom. The van der Waals surface area contributed by atoms with Gasteiger partial charge in [-0.2, -0.15) is 5.10 Å². The summed E-state index contributed by atoms with van der Waals surface area (Å²) in [5, 5.41) is 4.36. The molecule has 0 spiro atoms. The molecule has 0 bridgehead atoms. The van der Waals surface area contributed by atoms with Crippen LogP contribution < -0.4 is 0 Å². The van der Waals surface area contributed by atoms with Crippen molar-refractivity contribution < 1.29 is 4.42 Å². The van der Waals surface area contributed by atoms with Crippen LogP contribution >= 0.6 is 0 Å². The monoisotopic (exact) mass is 287 g/mol. The number of rotatable bonds is 3. The second-order valence-corrected chi connectivity index (χ2v) is 4.91. The van der Waals surface area contributed by atoms with Crippen LogP contribution in [-0.2, 0) is 0 Å². The first-order valence-corrected chi connectivity index (χ1v) is 7.02. The number of fused-ring (bicyclic) bond motifs is 1. The van der Waals surface area contributed by atoms with E-state index in [0.29, 0.717) is 5.89 Å². The third kappa shape index (κ3) is 2.42. The molecule has 0 fully saturated rings. The Hall–Kier alpha value is -3.14. The molecule has 0 saturated carbocycles. The van der Waals surface area contributed by atoms with Crippen LogP contribution in [0.5, 0.6) is 0 Å². The Morgan fingerprint density at radius 2 is 1.73 bits per heavy atom. The summed E-state index contributed by atoms with van der Waals surface area (Å²) < 4.78 is 7.50. The van der Waals surface area contributed by atoms with E-state index in [-0.39, 0.29) is 0 Å². The second kappa shape index (κ2) is 5.33. The molecular weight excluding hydrogens is 274 g/mol. The van der Waals surface area contributed by atoms with Gasteiger partial charge in [-0.15, -0.1) is 0 Å². The number of oxazole rings is 1. The molecule has 4 nitrogen and oxygen atoms in total. The van der Waals surface area contributed by atoms with Crippen molar-refractivity contribution in [3.8, 4) is 5.69 Å². The molecule has 0 radical (unpaired) electrons. The van der Waals surface area contributed by atoms with Gasteiger partial charge in [0.2, 0.25) is 5.89 Å². The predicted molar refractivity (Wildman–Crippen MR) is 86.5 cm³/mol. The Morgan fingerprint density at radius 3 is 2.59 bits per heavy atom. The molecule has 0 amide bonds. The average molecular weight is 287 g/mol. The van der Waals surface area contributed by atoms with Crippen molar-refractivity contribution >= 4 is 23.3 Å². The van der Waals surface area contributed by atoms with Crippen molar-refractivity contribution in [1.82, 2.24) is 14.8 Å². The van der Waals surface area contributed by atoms with Crippen molar-refractivity contribution in [2.45, 2.75) is 0 Å². The van der Waals surface area contributed by atoms with Crippen molar-refractivity contribution in [2.24, 2.45) is 0 Å². The molecule has 0 aliphatic heterocycles. The first-order valence-electron chi connectivity index (χ1n) is 7.02. The number of aromatic nitrogens is 3. The zero-order valence-electron chi connectivity index (χ0n) is 11.8. The molecule has 0 atom stereocenters. The topological polar surface area (TPSA) is 43.9 Å². The lowest BCUT2D eigenvalue weighted by molar-refractivity contribution is 0.590. The normalized spacial score (nSPS) is 11.5. The van der Waals surface area contributed by atoms with Gasteiger partial charge in [-0.05, 0) is 30.3 Å². The Bertz CT molecular complexity index is 902. The molecule has 0 unspecified atom stereocenters. The highest BCUT2D eigenvalue weighted by Gasteiger charge is 2.02. The van der Waals surface area contributed by atoms with E-state index in [1.165, 1.54) is 0 Å². The lowest BCUT2D eigenvalue weighted by Gasteiger charge is -1.98. The third-order valence-corrected chi connectivity index (χ3v) is 3.35. The molecule has 0 saturated heterocycles. The van der Waals surface area contributed by atoms with Crippen LogP contribution in [0.1, 0.15) is 11.5 Å². The van der Waals surface area contributed by atoms with Gasteiger partial charge in [0.05, 0.1) is 11.9 Å². The average Bonchev–Trinajstić information content (AvgIpc) is 3.20. The fourth-order valence-corrected chi connectivity index (χ4v) is 2.27. The maximum Gasteiger partial charge on any atom is 0.220 e. The summed E-state index contributed by atoms with van der Waals surface area (Å²) in [5.41, 5.74) is 3.68. The summed E-state index contributed by atoms with van der Waals surface area (Å²) in [5.74, 6) is 0.591. The van der Waals surface area contributed by atoms with Crippen molar-refractivity contribution in [3.63, 3.8) is 0 Å². The smallest absolute Gasteiger partial charge is 0.220 e. The minimum atomic E-state index is 0.591. The molecule has 4 aromatic rings. The molecule has 4 heteroatoms. The van der Waals surface area contributed by atoms with Crippen LogP contribution in [0.25, 0.3) is 28.9 Å². The van der Waals surface area contributed by atoms with Crippen LogP contribution in [0.2, 0.25) is 0 Å². The van der Waals surface area contributed by atoms with E-state index in [0.717, 1.165) is 22.4 Å². The molecule has 106 valence electrons. The van der Waals surface area contributed by atoms with Crippen LogP contribution in [0.15, 0.2) is 71.4 Å². The fraction of sp³-hybridized carbons (Fsp3) is 0. The van der Waals surface area contributed by atoms with Gasteiger partial charge < -0.3 is 4.42 Å². The Balaban J connectivity index is 1.59. The zero-order chi connectivity index (χ0) is 14.8. The van der Waals surface area contributed by atoms with E-state index < -0.39 is 0 Å². The number of para-hydroxylation sites is 3. The van der Waals surface area contributed by atoms with E-state index in [2.05, 4.69) is 10.1 Å². The van der Waals surface area contributed by atoms with Crippen molar-refractivity contribution in [1.29, 1.82) is 0 Å². The zero-order valence-corrected chi connectivity index (χ0v) is 11.8. The second-order valence-electron chi connectivity index (χ2n) is 4.91. The largest absolute Gasteiger partial charge is 0.437 e. The van der Waals surface area contributed by atoms with Gasteiger partial charge in [-0.1, -0.05) is 30.3 Å². The summed E-state index contributed by atoms with van der Waals surface area (Å²) in [7, 11) is 0. The quantitative estimate of drug-likeness (QED) is 0.567. The molecular formula is C18H13N3O. The van der Waals surface area contributed by atoms with Crippen LogP contribution in [0.4, 0.5) is 0 Å². The molecule has 2 heterocycles. The predicted octanol–water partition coefficient (Wildman–Crippen LogP) is 4.18. The van der Waals surface area contributed by atoms with Gasteiger partial charge >= 0.3 is 0 Å². The van der Waals surface area contributed by atoms with E-state index in [1.807, 2.05) is 83.8 Å². The Labute approximate surface area is 127 Å². The van der Waals surface area contributed by atoms with Gasteiger partial charge in [0.15, 0.2) is 5.58 Å². The highest BCUT2D eigenvalue weighted by molar-refractivity contribution is 5.75. The molecule has 0 aliphatic carbocycles. The van der Waals surface area contributed by atoms with E-state index in [1.54, 1.807) is 0 Å². The molecule has 2 aromatic heterocycles. The van der Waals surface area contributed by atoms with E-state index >= 15 is 0 Å². The standard InChI is InChI=1S/C18H13N3O/c1-2-6-15(7-3-1)21-13-14(12-19-21)10-11-18-20-16-8-4-5-9-17(16)22-18/h1-13H/b11-10+. The first-order chi connectivity index (χ1) is 10.9. The Kier molecular flexibility index (Phi) is 3.05. The van der Waals surface area contributed by atoms with Gasteiger partial charge in [0.25, 0.3) is 0 Å². The van der Waals surface area contributed by atoms with E-state index in [4.69, 9.17) is 4.42 Å². The summed E-state index contributed by atoms with van der Waals surface area (Å²) >= 11 is 0. The maximum atomic E-state index is 5.66. The summed E-state index contributed by atoms with van der Waals surface area (Å²) in [6, 6.07) is 17.7. The number of benzene rings is 2. The number of nitrogens with zero attached hydrogens (tertiary/aromatic N) is 3. The molecule has 2 aromatic carbocycles. The third-order valence-electron chi connectivity index (χ3n) is 3.35. The summed E-state index contributed by atoms with van der Waals surface area (Å²) in [4.78, 5) is 4.41. The van der Waals surface area contributed by atoms with Gasteiger partial charge in [0.1, 0.15) is 5.52 Å². The van der Waals surface area contributed by atoms with Gasteiger partial charge in [-0.3, -0.25) is 0 Å². The highest BCUT2D eigenvalue weighted by Crippen LogP contribution is 2.17. The van der Waals surface area contributed by atoms with E-state index in [9.17, 15) is 0 Å². The van der Waals surface area contributed by atoms with Crippen LogP contribution in [0, 0.1) is 0 Å². The van der Waals surface area contributed by atoms with Gasteiger partial charge in [0, 0.05) is 17.8 Å². The summed E-state index contributed by atoms with van der Waals surface area (Å²) in [6.07, 6.45) is 7.57. The van der Waals surface area contributed by atoms with Gasteiger partial charge in [-0.25, -0.2) is 9.67 Å². The molecule has 0 N–H and O–H groups in total. The highest BCUT2D eigenvalue weighted by atomic mass is 16.3. The summed E-state index contributed by atoms with van der Waals surface area (Å²) in [6.45, 7) is 0. The minimum absolute atomic E-state index is 0.591. The first kappa shape index (κ1) is 12.6. The number of hydrogen-bond acceptors (Lipinski definition) is 3. The SMILES string of the molecule is C(=C\c1nc2ccccc2o1)/c1cnn(-c2ccccc2)c1. The lowest BCUT2D eigenvalue weighted by Crippen LogP contribution is -1.92. The fourth-order valence-electron chi connectivity index (χ4n) is 2.27. The van der Waals surface area contributed by atoms with Crippen LogP contribution in [0.3, 0.4) is 0 Å². The van der Waals surface area contributed by atoms with Crippen LogP contribution in [-0.4, -0.2) is 14.8 Å². The molecule has 22 heavy (non-hydrogen) atoms. The maximum absolute atomic E-state index is 5.66. The number of hydrogen-bond donors (Lipinski definition) is 0. The van der Waals surface area contributed by atoms with Crippen molar-refractivity contribution in [2.75, 3.05) is 0 Å². The van der Waals surface area contributed by atoms with Crippen molar-refractivity contribution in [3.05, 3.63) is 78.4 Å². The lowest BCUT2D eigenvalue weighted by atomic mass is 10.3. The molecule has 4 rings (SSSR count). The minimum Gasteiger partial charge on any atom is -0.437 e.